The molecule has 0 aliphatic rings. The molecule has 0 bridgehead atoms. The number of benzene rings is 1. The summed E-state index contributed by atoms with van der Waals surface area (Å²) in [6.45, 7) is 4.84. The first kappa shape index (κ1) is 15.5. The van der Waals surface area contributed by atoms with Gasteiger partial charge in [0.1, 0.15) is 0 Å². The number of halogens is 2. The molecule has 0 heterocycles. The third-order valence-electron chi connectivity index (χ3n) is 3.49. The van der Waals surface area contributed by atoms with E-state index in [1.54, 1.807) is 6.07 Å². The summed E-state index contributed by atoms with van der Waals surface area (Å²) in [5, 5.41) is 2.98. The Morgan fingerprint density at radius 2 is 2.06 bits per heavy atom. The van der Waals surface area contributed by atoms with Crippen LogP contribution in [0.2, 0.25) is 0 Å². The number of carbonyl (C=O) groups excluding carboxylic acids is 1. The molecule has 1 aromatic rings. The lowest BCUT2D eigenvalue weighted by Gasteiger charge is -2.29. The van der Waals surface area contributed by atoms with Gasteiger partial charge in [0.2, 0.25) is 0 Å². The van der Waals surface area contributed by atoms with Gasteiger partial charge in [-0.1, -0.05) is 35.8 Å². The molecule has 18 heavy (non-hydrogen) atoms. The minimum Gasteiger partial charge on any atom is -0.351 e. The van der Waals surface area contributed by atoms with Gasteiger partial charge in [-0.3, -0.25) is 4.79 Å². The fourth-order valence-corrected chi connectivity index (χ4v) is 2.61. The predicted octanol–water partition coefficient (Wildman–Crippen LogP) is 4.22. The Bertz CT molecular complexity index is 396. The molecule has 0 saturated carbocycles. The number of hydrogen-bond donors (Lipinski definition) is 1. The molecule has 0 saturated heterocycles. The van der Waals surface area contributed by atoms with E-state index in [0.717, 1.165) is 17.3 Å². The van der Waals surface area contributed by atoms with Gasteiger partial charge >= 0.3 is 0 Å². The highest BCUT2D eigenvalue weighted by molar-refractivity contribution is 9.10. The topological polar surface area (TPSA) is 29.1 Å². The van der Waals surface area contributed by atoms with Crippen molar-refractivity contribution in [2.24, 2.45) is 5.41 Å². The standard InChI is InChI=1S/C14H19BrClNO/c1-3-14(4-2,9-16)10-17-13(18)11-6-5-7-12(15)8-11/h5-8H,3-4,9-10H2,1-2H3,(H,17,18). The van der Waals surface area contributed by atoms with Crippen LogP contribution in [0.3, 0.4) is 0 Å². The summed E-state index contributed by atoms with van der Waals surface area (Å²) in [6.07, 6.45) is 1.93. The first-order valence-corrected chi connectivity index (χ1v) is 7.49. The summed E-state index contributed by atoms with van der Waals surface area (Å²) in [7, 11) is 0. The lowest BCUT2D eigenvalue weighted by Crippen LogP contribution is -2.38. The minimum atomic E-state index is -0.0484. The Kier molecular flexibility index (Phi) is 6.16. The van der Waals surface area contributed by atoms with Crippen LogP contribution in [0.5, 0.6) is 0 Å². The van der Waals surface area contributed by atoms with Crippen molar-refractivity contribution < 1.29 is 4.79 Å². The molecule has 1 rings (SSSR count). The van der Waals surface area contributed by atoms with Crippen LogP contribution in [0, 0.1) is 5.41 Å². The Morgan fingerprint density at radius 3 is 2.56 bits per heavy atom. The van der Waals surface area contributed by atoms with E-state index in [2.05, 4.69) is 35.1 Å². The molecular weight excluding hydrogens is 314 g/mol. The van der Waals surface area contributed by atoms with Gasteiger partial charge in [0.05, 0.1) is 0 Å². The normalized spacial score (nSPS) is 11.3. The molecular formula is C14H19BrClNO. The molecule has 1 amide bonds. The summed E-state index contributed by atoms with van der Waals surface area (Å²) >= 11 is 9.38. The minimum absolute atomic E-state index is 0.00320. The number of rotatable bonds is 6. The van der Waals surface area contributed by atoms with Crippen molar-refractivity contribution in [1.29, 1.82) is 0 Å². The van der Waals surface area contributed by atoms with Crippen LogP contribution in [0.15, 0.2) is 28.7 Å². The molecule has 0 atom stereocenters. The van der Waals surface area contributed by atoms with Crippen molar-refractivity contribution in [3.63, 3.8) is 0 Å². The van der Waals surface area contributed by atoms with Crippen LogP contribution < -0.4 is 5.32 Å². The summed E-state index contributed by atoms with van der Waals surface area (Å²) in [5.41, 5.74) is 0.670. The Labute approximate surface area is 122 Å². The predicted molar refractivity (Wildman–Crippen MR) is 80.2 cm³/mol. The highest BCUT2D eigenvalue weighted by Gasteiger charge is 2.25. The van der Waals surface area contributed by atoms with Gasteiger partial charge in [-0.25, -0.2) is 0 Å². The smallest absolute Gasteiger partial charge is 0.251 e. The van der Waals surface area contributed by atoms with E-state index in [1.807, 2.05) is 18.2 Å². The average Bonchev–Trinajstić information content (AvgIpc) is 2.40. The van der Waals surface area contributed by atoms with Crippen molar-refractivity contribution in [3.05, 3.63) is 34.3 Å². The lowest BCUT2D eigenvalue weighted by molar-refractivity contribution is 0.0931. The molecule has 2 nitrogen and oxygen atoms in total. The Morgan fingerprint density at radius 1 is 1.39 bits per heavy atom. The summed E-state index contributed by atoms with van der Waals surface area (Å²) in [5.74, 6) is 0.520. The molecule has 1 N–H and O–H groups in total. The van der Waals surface area contributed by atoms with Gasteiger partial charge in [0.25, 0.3) is 5.91 Å². The van der Waals surface area contributed by atoms with Crippen LogP contribution in [0.1, 0.15) is 37.0 Å². The lowest BCUT2D eigenvalue weighted by atomic mass is 9.84. The van der Waals surface area contributed by atoms with Crippen LogP contribution in [0.25, 0.3) is 0 Å². The number of alkyl halides is 1. The maximum atomic E-state index is 12.0. The van der Waals surface area contributed by atoms with E-state index in [-0.39, 0.29) is 11.3 Å². The highest BCUT2D eigenvalue weighted by atomic mass is 79.9. The largest absolute Gasteiger partial charge is 0.351 e. The van der Waals surface area contributed by atoms with Crippen molar-refractivity contribution >= 4 is 33.4 Å². The fraction of sp³-hybridized carbons (Fsp3) is 0.500. The van der Waals surface area contributed by atoms with E-state index in [9.17, 15) is 4.79 Å². The molecule has 1 aromatic carbocycles. The number of nitrogens with one attached hydrogen (secondary N) is 1. The van der Waals surface area contributed by atoms with Gasteiger partial charge in [-0.2, -0.15) is 0 Å². The van der Waals surface area contributed by atoms with Crippen LogP contribution >= 0.6 is 27.5 Å². The second-order valence-corrected chi connectivity index (χ2v) is 5.72. The maximum absolute atomic E-state index is 12.0. The van der Waals surface area contributed by atoms with Crippen molar-refractivity contribution in [2.75, 3.05) is 12.4 Å². The maximum Gasteiger partial charge on any atom is 0.251 e. The van der Waals surface area contributed by atoms with E-state index >= 15 is 0 Å². The Balaban J connectivity index is 2.66. The molecule has 0 aliphatic heterocycles. The third-order valence-corrected chi connectivity index (χ3v) is 4.55. The SMILES string of the molecule is CCC(CC)(CCl)CNC(=O)c1cccc(Br)c1. The van der Waals surface area contributed by atoms with Crippen molar-refractivity contribution in [3.8, 4) is 0 Å². The van der Waals surface area contributed by atoms with Crippen LogP contribution in [-0.4, -0.2) is 18.3 Å². The second kappa shape index (κ2) is 7.15. The monoisotopic (exact) mass is 331 g/mol. The number of amides is 1. The molecule has 4 heteroatoms. The summed E-state index contributed by atoms with van der Waals surface area (Å²) < 4.78 is 0.907. The first-order valence-electron chi connectivity index (χ1n) is 6.16. The van der Waals surface area contributed by atoms with Gasteiger partial charge in [-0.05, 0) is 31.0 Å². The quantitative estimate of drug-likeness (QED) is 0.776. The van der Waals surface area contributed by atoms with E-state index in [1.165, 1.54) is 0 Å². The zero-order valence-corrected chi connectivity index (χ0v) is 13.1. The van der Waals surface area contributed by atoms with E-state index < -0.39 is 0 Å². The van der Waals surface area contributed by atoms with Gasteiger partial charge < -0.3 is 5.32 Å². The number of carbonyl (C=O) groups is 1. The molecule has 0 aromatic heterocycles. The van der Waals surface area contributed by atoms with E-state index in [0.29, 0.717) is 18.0 Å². The fourth-order valence-electron chi connectivity index (χ4n) is 1.74. The second-order valence-electron chi connectivity index (χ2n) is 4.53. The van der Waals surface area contributed by atoms with Gasteiger partial charge in [-0.15, -0.1) is 11.6 Å². The molecule has 0 fully saturated rings. The zero-order valence-electron chi connectivity index (χ0n) is 10.8. The number of hydrogen-bond acceptors (Lipinski definition) is 1. The summed E-state index contributed by atoms with van der Waals surface area (Å²) in [6, 6.07) is 7.38. The van der Waals surface area contributed by atoms with Gasteiger partial charge in [0, 0.05) is 27.9 Å². The first-order chi connectivity index (χ1) is 8.56. The van der Waals surface area contributed by atoms with Crippen molar-refractivity contribution in [2.45, 2.75) is 26.7 Å². The van der Waals surface area contributed by atoms with Gasteiger partial charge in [0.15, 0.2) is 0 Å². The van der Waals surface area contributed by atoms with Crippen molar-refractivity contribution in [1.82, 2.24) is 5.32 Å². The zero-order chi connectivity index (χ0) is 13.6. The molecule has 0 unspecified atom stereocenters. The highest BCUT2D eigenvalue weighted by Crippen LogP contribution is 2.27. The molecule has 0 aliphatic carbocycles. The van der Waals surface area contributed by atoms with Crippen LogP contribution in [-0.2, 0) is 0 Å². The van der Waals surface area contributed by atoms with Crippen LogP contribution in [0.4, 0.5) is 0 Å². The molecule has 0 radical (unpaired) electrons. The average molecular weight is 333 g/mol. The van der Waals surface area contributed by atoms with E-state index in [4.69, 9.17) is 11.6 Å². The Hall–Kier alpha value is -0.540. The molecule has 100 valence electrons. The summed E-state index contributed by atoms with van der Waals surface area (Å²) in [4.78, 5) is 12.0. The molecule has 0 spiro atoms. The third kappa shape index (κ3) is 3.99.